The smallest absolute Gasteiger partial charge is 0.276 e. The molecule has 2 heterocycles. The van der Waals surface area contributed by atoms with Crippen molar-refractivity contribution in [3.8, 4) is 17.3 Å². The zero-order valence-electron chi connectivity index (χ0n) is 15.8. The molecule has 1 aromatic carbocycles. The van der Waals surface area contributed by atoms with E-state index in [1.54, 1.807) is 20.4 Å². The first kappa shape index (κ1) is 21.6. The number of pyridine rings is 1. The molecule has 0 fully saturated rings. The highest BCUT2D eigenvalue weighted by Gasteiger charge is 2.09. The third kappa shape index (κ3) is 6.19. The fraction of sp³-hybridized carbons (Fsp3) is 0.263. The van der Waals surface area contributed by atoms with Crippen molar-refractivity contribution in [3.05, 3.63) is 60.0 Å². The minimum absolute atomic E-state index is 0. The minimum Gasteiger partial charge on any atom is -0.497 e. The first-order chi connectivity index (χ1) is 13.3. The Hall–Kier alpha value is -2.69. The maximum atomic E-state index is 5.25. The Labute approximate surface area is 180 Å². The zero-order chi connectivity index (χ0) is 18.9. The number of hydrogen-bond donors (Lipinski definition) is 2. The topological polar surface area (TPSA) is 97.5 Å². The van der Waals surface area contributed by atoms with Crippen molar-refractivity contribution >= 4 is 29.9 Å². The van der Waals surface area contributed by atoms with E-state index < -0.39 is 0 Å². The van der Waals surface area contributed by atoms with Crippen LogP contribution in [-0.4, -0.2) is 41.8 Å². The lowest BCUT2D eigenvalue weighted by Gasteiger charge is -2.11. The van der Waals surface area contributed by atoms with Gasteiger partial charge in [0.1, 0.15) is 11.4 Å². The number of methoxy groups -OCH3 is 1. The van der Waals surface area contributed by atoms with Crippen LogP contribution in [-0.2, 0) is 13.0 Å². The van der Waals surface area contributed by atoms with Crippen molar-refractivity contribution < 1.29 is 9.26 Å². The van der Waals surface area contributed by atoms with Gasteiger partial charge in [0.25, 0.3) is 5.89 Å². The zero-order valence-corrected chi connectivity index (χ0v) is 18.1. The number of ether oxygens (including phenoxy) is 1. The molecular formula is C19H23IN6O2. The van der Waals surface area contributed by atoms with Crippen LogP contribution < -0.4 is 15.4 Å². The Morgan fingerprint density at radius 1 is 1.14 bits per heavy atom. The summed E-state index contributed by atoms with van der Waals surface area (Å²) in [5, 5.41) is 10.5. The molecule has 148 valence electrons. The molecule has 0 radical (unpaired) electrons. The molecule has 0 aliphatic carbocycles. The van der Waals surface area contributed by atoms with Gasteiger partial charge in [0, 0.05) is 32.8 Å². The number of rotatable bonds is 7. The summed E-state index contributed by atoms with van der Waals surface area (Å²) in [6.07, 6.45) is 2.30. The van der Waals surface area contributed by atoms with E-state index in [1.807, 2.05) is 42.5 Å². The van der Waals surface area contributed by atoms with Crippen molar-refractivity contribution in [2.24, 2.45) is 4.99 Å². The lowest BCUT2D eigenvalue weighted by atomic mass is 10.2. The van der Waals surface area contributed by atoms with Crippen molar-refractivity contribution in [1.29, 1.82) is 0 Å². The average molecular weight is 494 g/mol. The molecule has 0 aliphatic heterocycles. The van der Waals surface area contributed by atoms with E-state index in [-0.39, 0.29) is 24.0 Å². The number of nitrogens with one attached hydrogen (secondary N) is 2. The third-order valence-electron chi connectivity index (χ3n) is 3.84. The van der Waals surface area contributed by atoms with Crippen LogP contribution in [0.5, 0.6) is 5.75 Å². The van der Waals surface area contributed by atoms with Gasteiger partial charge >= 0.3 is 0 Å². The van der Waals surface area contributed by atoms with Crippen LogP contribution in [0.15, 0.2) is 58.2 Å². The number of aliphatic imine (C=N–C) groups is 1. The summed E-state index contributed by atoms with van der Waals surface area (Å²) in [5.74, 6) is 2.59. The summed E-state index contributed by atoms with van der Waals surface area (Å²) < 4.78 is 10.4. The summed E-state index contributed by atoms with van der Waals surface area (Å²) in [5.41, 5.74) is 1.80. The van der Waals surface area contributed by atoms with Gasteiger partial charge in [-0.2, -0.15) is 4.98 Å². The average Bonchev–Trinajstić information content (AvgIpc) is 3.20. The summed E-state index contributed by atoms with van der Waals surface area (Å²) in [4.78, 5) is 12.8. The standard InChI is InChI=1S/C19H22N6O2.HI/c1-20-19(23-13-14-6-8-15(26-2)9-7-14)22-12-10-17-24-18(27-25-17)16-5-3-4-11-21-16;/h3-9,11H,10,12-13H2,1-2H3,(H2,20,22,23);1H. The molecule has 2 N–H and O–H groups in total. The van der Waals surface area contributed by atoms with E-state index in [2.05, 4.69) is 30.8 Å². The van der Waals surface area contributed by atoms with E-state index in [0.29, 0.717) is 42.9 Å². The van der Waals surface area contributed by atoms with Crippen LogP contribution in [0, 0.1) is 0 Å². The fourth-order valence-electron chi connectivity index (χ4n) is 2.39. The lowest BCUT2D eigenvalue weighted by molar-refractivity contribution is 0.414. The highest BCUT2D eigenvalue weighted by atomic mass is 127. The summed E-state index contributed by atoms with van der Waals surface area (Å²) >= 11 is 0. The van der Waals surface area contributed by atoms with E-state index in [4.69, 9.17) is 9.26 Å². The van der Waals surface area contributed by atoms with Gasteiger partial charge in [-0.1, -0.05) is 23.4 Å². The van der Waals surface area contributed by atoms with E-state index in [0.717, 1.165) is 11.3 Å². The Bertz CT molecular complexity index is 868. The highest BCUT2D eigenvalue weighted by Crippen LogP contribution is 2.13. The molecule has 0 atom stereocenters. The van der Waals surface area contributed by atoms with Crippen LogP contribution in [0.2, 0.25) is 0 Å². The molecule has 2 aromatic heterocycles. The maximum absolute atomic E-state index is 5.25. The van der Waals surface area contributed by atoms with Gasteiger partial charge in [-0.25, -0.2) is 0 Å². The van der Waals surface area contributed by atoms with Crippen LogP contribution in [0.4, 0.5) is 0 Å². The van der Waals surface area contributed by atoms with Gasteiger partial charge in [-0.15, -0.1) is 24.0 Å². The monoisotopic (exact) mass is 494 g/mol. The molecule has 8 nitrogen and oxygen atoms in total. The highest BCUT2D eigenvalue weighted by molar-refractivity contribution is 14.0. The largest absolute Gasteiger partial charge is 0.497 e. The molecule has 0 saturated heterocycles. The van der Waals surface area contributed by atoms with Gasteiger partial charge in [0.2, 0.25) is 0 Å². The van der Waals surface area contributed by atoms with Crippen molar-refractivity contribution in [2.45, 2.75) is 13.0 Å². The van der Waals surface area contributed by atoms with E-state index in [9.17, 15) is 0 Å². The molecule has 9 heteroatoms. The van der Waals surface area contributed by atoms with Crippen molar-refractivity contribution in [2.75, 3.05) is 20.7 Å². The number of benzene rings is 1. The van der Waals surface area contributed by atoms with Crippen LogP contribution >= 0.6 is 24.0 Å². The fourth-order valence-corrected chi connectivity index (χ4v) is 2.39. The van der Waals surface area contributed by atoms with Gasteiger partial charge in [-0.05, 0) is 29.8 Å². The number of nitrogens with zero attached hydrogens (tertiary/aromatic N) is 4. The Balaban J connectivity index is 0.00000280. The molecule has 3 rings (SSSR count). The molecular weight excluding hydrogens is 471 g/mol. The second kappa shape index (κ2) is 11.2. The van der Waals surface area contributed by atoms with Crippen molar-refractivity contribution in [3.63, 3.8) is 0 Å². The van der Waals surface area contributed by atoms with E-state index in [1.165, 1.54) is 0 Å². The van der Waals surface area contributed by atoms with Crippen LogP contribution in [0.25, 0.3) is 11.6 Å². The molecule has 0 spiro atoms. The van der Waals surface area contributed by atoms with Crippen LogP contribution in [0.1, 0.15) is 11.4 Å². The molecule has 0 aliphatic rings. The second-order valence-corrected chi connectivity index (χ2v) is 5.68. The van der Waals surface area contributed by atoms with Crippen molar-refractivity contribution in [1.82, 2.24) is 25.8 Å². The van der Waals surface area contributed by atoms with Gasteiger partial charge in [0.05, 0.1) is 7.11 Å². The Kier molecular flexibility index (Phi) is 8.66. The Morgan fingerprint density at radius 3 is 2.64 bits per heavy atom. The Morgan fingerprint density at radius 2 is 1.96 bits per heavy atom. The van der Waals surface area contributed by atoms with Gasteiger partial charge in [-0.3, -0.25) is 9.98 Å². The molecule has 0 unspecified atom stereocenters. The first-order valence-electron chi connectivity index (χ1n) is 8.60. The minimum atomic E-state index is 0. The maximum Gasteiger partial charge on any atom is 0.276 e. The first-order valence-corrected chi connectivity index (χ1v) is 8.60. The predicted molar refractivity (Wildman–Crippen MR) is 118 cm³/mol. The number of hydrogen-bond acceptors (Lipinski definition) is 6. The number of guanidine groups is 1. The molecule has 0 amide bonds. The third-order valence-corrected chi connectivity index (χ3v) is 3.84. The molecule has 3 aromatic rings. The quantitative estimate of drug-likeness (QED) is 0.296. The van der Waals surface area contributed by atoms with Gasteiger partial charge in [0.15, 0.2) is 11.8 Å². The second-order valence-electron chi connectivity index (χ2n) is 5.68. The van der Waals surface area contributed by atoms with Crippen LogP contribution in [0.3, 0.4) is 0 Å². The predicted octanol–water partition coefficient (Wildman–Crippen LogP) is 2.67. The molecule has 0 saturated carbocycles. The summed E-state index contributed by atoms with van der Waals surface area (Å²) in [7, 11) is 3.39. The van der Waals surface area contributed by atoms with E-state index >= 15 is 0 Å². The molecule has 0 bridgehead atoms. The normalized spacial score (nSPS) is 10.9. The summed E-state index contributed by atoms with van der Waals surface area (Å²) in [6.45, 7) is 1.29. The number of halogens is 1. The van der Waals surface area contributed by atoms with Gasteiger partial charge < -0.3 is 19.9 Å². The lowest BCUT2D eigenvalue weighted by Crippen LogP contribution is -2.37. The molecule has 28 heavy (non-hydrogen) atoms. The SMILES string of the molecule is CN=C(NCCc1noc(-c2ccccn2)n1)NCc1ccc(OC)cc1.I. The number of aromatic nitrogens is 3. The summed E-state index contributed by atoms with van der Waals surface area (Å²) in [6, 6.07) is 13.4.